The minimum atomic E-state index is 0.171. The van der Waals surface area contributed by atoms with Crippen LogP contribution in [0.4, 0.5) is 0 Å². The maximum absolute atomic E-state index is 5.59. The van der Waals surface area contributed by atoms with E-state index in [0.29, 0.717) is 6.04 Å². The predicted octanol–water partition coefficient (Wildman–Crippen LogP) is 3.46. The van der Waals surface area contributed by atoms with Gasteiger partial charge in [0.25, 0.3) is 0 Å². The van der Waals surface area contributed by atoms with Gasteiger partial charge in [0.05, 0.1) is 12.3 Å². The predicted molar refractivity (Wildman–Crippen MR) is 75.9 cm³/mol. The molecular formula is C15H17NOS. The molecule has 0 amide bonds. The lowest BCUT2D eigenvalue weighted by Crippen LogP contribution is -2.33. The highest BCUT2D eigenvalue weighted by molar-refractivity contribution is 7.99. The molecule has 18 heavy (non-hydrogen) atoms. The van der Waals surface area contributed by atoms with Gasteiger partial charge in [-0.3, -0.25) is 0 Å². The summed E-state index contributed by atoms with van der Waals surface area (Å²) in [5.74, 6) is 3.46. The number of hydrogen-bond acceptors (Lipinski definition) is 3. The fourth-order valence-corrected chi connectivity index (χ4v) is 3.51. The molecule has 0 aliphatic carbocycles. The van der Waals surface area contributed by atoms with Crippen LogP contribution in [0, 0.1) is 0 Å². The normalized spacial score (nSPS) is 21.0. The molecule has 0 bridgehead atoms. The summed E-state index contributed by atoms with van der Waals surface area (Å²) in [5.41, 5.74) is 1.27. The van der Waals surface area contributed by atoms with Gasteiger partial charge in [0.2, 0.25) is 0 Å². The minimum Gasteiger partial charge on any atom is -0.467 e. The molecule has 0 spiro atoms. The van der Waals surface area contributed by atoms with Crippen molar-refractivity contribution in [2.75, 3.05) is 11.5 Å². The van der Waals surface area contributed by atoms with Gasteiger partial charge in [-0.1, -0.05) is 30.3 Å². The molecule has 3 rings (SSSR count). The highest BCUT2D eigenvalue weighted by Crippen LogP contribution is 2.26. The van der Waals surface area contributed by atoms with Gasteiger partial charge in [-0.15, -0.1) is 0 Å². The van der Waals surface area contributed by atoms with Crippen LogP contribution in [-0.2, 0) is 0 Å². The molecule has 1 saturated heterocycles. The van der Waals surface area contributed by atoms with Gasteiger partial charge < -0.3 is 9.73 Å². The van der Waals surface area contributed by atoms with Gasteiger partial charge in [0, 0.05) is 11.8 Å². The van der Waals surface area contributed by atoms with Gasteiger partial charge in [-0.25, -0.2) is 0 Å². The zero-order valence-electron chi connectivity index (χ0n) is 10.2. The lowest BCUT2D eigenvalue weighted by atomic mass is 10.0. The Hall–Kier alpha value is -1.19. The number of hydrogen-bond donors (Lipinski definition) is 1. The van der Waals surface area contributed by atoms with Crippen LogP contribution in [0.1, 0.15) is 23.8 Å². The maximum atomic E-state index is 5.59. The number of thioether (sulfide) groups is 1. The highest BCUT2D eigenvalue weighted by atomic mass is 32.2. The molecule has 1 aliphatic rings. The molecule has 94 valence electrons. The monoisotopic (exact) mass is 259 g/mol. The molecular weight excluding hydrogens is 242 g/mol. The first-order chi connectivity index (χ1) is 8.93. The Morgan fingerprint density at radius 2 is 2.06 bits per heavy atom. The summed E-state index contributed by atoms with van der Waals surface area (Å²) in [7, 11) is 0. The van der Waals surface area contributed by atoms with Crippen molar-refractivity contribution in [1.29, 1.82) is 0 Å². The van der Waals surface area contributed by atoms with Gasteiger partial charge in [0.15, 0.2) is 0 Å². The molecule has 1 aliphatic heterocycles. The van der Waals surface area contributed by atoms with Gasteiger partial charge >= 0.3 is 0 Å². The van der Waals surface area contributed by atoms with Gasteiger partial charge in [-0.05, 0) is 29.9 Å². The van der Waals surface area contributed by atoms with Crippen LogP contribution in [0.2, 0.25) is 0 Å². The Balaban J connectivity index is 1.84. The van der Waals surface area contributed by atoms with E-state index in [1.54, 1.807) is 6.26 Å². The van der Waals surface area contributed by atoms with Crippen molar-refractivity contribution < 1.29 is 4.42 Å². The molecule has 0 radical (unpaired) electrons. The summed E-state index contributed by atoms with van der Waals surface area (Å²) >= 11 is 2.02. The van der Waals surface area contributed by atoms with Crippen molar-refractivity contribution >= 4 is 11.8 Å². The molecule has 1 N–H and O–H groups in total. The smallest absolute Gasteiger partial charge is 0.125 e. The van der Waals surface area contributed by atoms with Crippen molar-refractivity contribution in [3.63, 3.8) is 0 Å². The average Bonchev–Trinajstić information content (AvgIpc) is 3.10. The Kier molecular flexibility index (Phi) is 3.72. The van der Waals surface area contributed by atoms with E-state index in [9.17, 15) is 0 Å². The molecule has 2 nitrogen and oxygen atoms in total. The maximum Gasteiger partial charge on any atom is 0.125 e. The Morgan fingerprint density at radius 1 is 1.17 bits per heavy atom. The van der Waals surface area contributed by atoms with E-state index in [1.165, 1.54) is 23.5 Å². The summed E-state index contributed by atoms with van der Waals surface area (Å²) in [6.07, 6.45) is 2.99. The zero-order valence-corrected chi connectivity index (χ0v) is 11.0. The molecule has 1 aromatic heterocycles. The van der Waals surface area contributed by atoms with Crippen LogP contribution in [-0.4, -0.2) is 17.5 Å². The molecule has 2 atom stereocenters. The largest absolute Gasteiger partial charge is 0.467 e. The Labute approximate surface area is 112 Å². The summed E-state index contributed by atoms with van der Waals surface area (Å²) in [6.45, 7) is 0. The fraction of sp³-hybridized carbons (Fsp3) is 0.333. The number of benzene rings is 1. The SMILES string of the molecule is c1ccc(C(NC2CCSC2)c2ccco2)cc1. The molecule has 1 fully saturated rings. The second-order valence-corrected chi connectivity index (χ2v) is 5.74. The number of nitrogens with one attached hydrogen (secondary N) is 1. The first kappa shape index (κ1) is 11.9. The second kappa shape index (κ2) is 5.63. The van der Waals surface area contributed by atoms with Crippen molar-refractivity contribution in [3.8, 4) is 0 Å². The van der Waals surface area contributed by atoms with Crippen LogP contribution in [0.3, 0.4) is 0 Å². The van der Waals surface area contributed by atoms with Crippen LogP contribution in [0.5, 0.6) is 0 Å². The van der Waals surface area contributed by atoms with Crippen molar-refractivity contribution in [1.82, 2.24) is 5.32 Å². The lowest BCUT2D eigenvalue weighted by Gasteiger charge is -2.21. The minimum absolute atomic E-state index is 0.171. The van der Waals surface area contributed by atoms with Crippen LogP contribution in [0.25, 0.3) is 0 Å². The Morgan fingerprint density at radius 3 is 2.72 bits per heavy atom. The number of furan rings is 1. The van der Waals surface area contributed by atoms with E-state index < -0.39 is 0 Å². The van der Waals surface area contributed by atoms with Crippen molar-refractivity contribution in [2.24, 2.45) is 0 Å². The molecule has 3 heteroatoms. The molecule has 0 saturated carbocycles. The molecule has 2 aromatic rings. The number of rotatable bonds is 4. The third-order valence-electron chi connectivity index (χ3n) is 3.29. The van der Waals surface area contributed by atoms with Crippen molar-refractivity contribution in [3.05, 3.63) is 60.1 Å². The molecule has 2 heterocycles. The summed E-state index contributed by atoms with van der Waals surface area (Å²) in [4.78, 5) is 0. The van der Waals surface area contributed by atoms with Crippen LogP contribution < -0.4 is 5.32 Å². The van der Waals surface area contributed by atoms with E-state index >= 15 is 0 Å². The van der Waals surface area contributed by atoms with E-state index in [1.807, 2.05) is 30.0 Å². The topological polar surface area (TPSA) is 25.2 Å². The first-order valence-corrected chi connectivity index (χ1v) is 7.51. The summed E-state index contributed by atoms with van der Waals surface area (Å²) < 4.78 is 5.59. The average molecular weight is 259 g/mol. The van der Waals surface area contributed by atoms with Gasteiger partial charge in [-0.2, -0.15) is 11.8 Å². The van der Waals surface area contributed by atoms with Gasteiger partial charge in [0.1, 0.15) is 5.76 Å². The standard InChI is InChI=1S/C15H17NOS/c1-2-5-12(6-3-1)15(14-7-4-9-17-14)16-13-8-10-18-11-13/h1-7,9,13,15-16H,8,10-11H2. The highest BCUT2D eigenvalue weighted by Gasteiger charge is 2.23. The van der Waals surface area contributed by atoms with E-state index in [4.69, 9.17) is 4.42 Å². The molecule has 2 unspecified atom stereocenters. The quantitative estimate of drug-likeness (QED) is 0.910. The summed E-state index contributed by atoms with van der Waals surface area (Å²) in [5, 5.41) is 3.72. The second-order valence-electron chi connectivity index (χ2n) is 4.59. The molecule has 1 aromatic carbocycles. The fourth-order valence-electron chi connectivity index (χ4n) is 2.35. The van der Waals surface area contributed by atoms with Crippen LogP contribution in [0.15, 0.2) is 53.1 Å². The van der Waals surface area contributed by atoms with E-state index in [-0.39, 0.29) is 6.04 Å². The third-order valence-corrected chi connectivity index (χ3v) is 4.46. The Bertz CT molecular complexity index is 463. The zero-order chi connectivity index (χ0) is 12.2. The van der Waals surface area contributed by atoms with E-state index in [2.05, 4.69) is 29.6 Å². The summed E-state index contributed by atoms with van der Waals surface area (Å²) in [6, 6.07) is 15.3. The lowest BCUT2D eigenvalue weighted by molar-refractivity contribution is 0.417. The third kappa shape index (κ3) is 2.62. The van der Waals surface area contributed by atoms with E-state index in [0.717, 1.165) is 5.76 Å². The van der Waals surface area contributed by atoms with Crippen molar-refractivity contribution in [2.45, 2.75) is 18.5 Å². The first-order valence-electron chi connectivity index (χ1n) is 6.35. The van der Waals surface area contributed by atoms with Crippen LogP contribution >= 0.6 is 11.8 Å².